The minimum atomic E-state index is -0.196. The first-order chi connectivity index (χ1) is 10.1. The Hall–Kier alpha value is -2.34. The van der Waals surface area contributed by atoms with Crippen molar-refractivity contribution >= 4 is 39.0 Å². The van der Waals surface area contributed by atoms with Crippen molar-refractivity contribution in [1.29, 1.82) is 0 Å². The molecule has 0 aliphatic carbocycles. The third-order valence-electron chi connectivity index (χ3n) is 2.96. The van der Waals surface area contributed by atoms with Gasteiger partial charge in [-0.25, -0.2) is 4.98 Å². The number of aromatic amines is 1. The van der Waals surface area contributed by atoms with Crippen molar-refractivity contribution < 1.29 is 4.79 Å². The number of H-pyrrole nitrogens is 1. The van der Waals surface area contributed by atoms with Gasteiger partial charge in [0.2, 0.25) is 0 Å². The fourth-order valence-corrected chi connectivity index (χ4v) is 2.86. The number of rotatable bonds is 4. The Morgan fingerprint density at radius 3 is 3.00 bits per heavy atom. The zero-order chi connectivity index (χ0) is 14.8. The highest BCUT2D eigenvalue weighted by Crippen LogP contribution is 2.20. The minimum absolute atomic E-state index is 0.196. The molecular formula is C15H16N4OS. The number of nitrogens with one attached hydrogen (secondary N) is 3. The Bertz CT molecular complexity index is 775. The Labute approximate surface area is 126 Å². The molecule has 5 nitrogen and oxygen atoms in total. The Balaban J connectivity index is 1.74. The predicted molar refractivity (Wildman–Crippen MR) is 87.1 cm³/mol. The van der Waals surface area contributed by atoms with Gasteiger partial charge in [0, 0.05) is 34.2 Å². The zero-order valence-electron chi connectivity index (χ0n) is 11.8. The van der Waals surface area contributed by atoms with Crippen LogP contribution in [0.1, 0.15) is 24.3 Å². The van der Waals surface area contributed by atoms with E-state index in [1.807, 2.05) is 44.3 Å². The molecule has 21 heavy (non-hydrogen) atoms. The minimum Gasteiger partial charge on any atom is -0.361 e. The summed E-state index contributed by atoms with van der Waals surface area (Å²) in [5.41, 5.74) is 2.24. The van der Waals surface area contributed by atoms with Gasteiger partial charge in [0.25, 0.3) is 5.91 Å². The van der Waals surface area contributed by atoms with Crippen LogP contribution >= 0.6 is 11.3 Å². The summed E-state index contributed by atoms with van der Waals surface area (Å²) in [6.45, 7) is 4.07. The van der Waals surface area contributed by atoms with E-state index in [1.165, 1.54) is 11.3 Å². The molecule has 1 aromatic carbocycles. The number of carbonyl (C=O) groups excluding carboxylic acids is 1. The molecule has 3 aromatic rings. The Morgan fingerprint density at radius 1 is 1.33 bits per heavy atom. The first-order valence-corrected chi connectivity index (χ1v) is 7.60. The van der Waals surface area contributed by atoms with Gasteiger partial charge >= 0.3 is 0 Å². The van der Waals surface area contributed by atoms with Gasteiger partial charge < -0.3 is 15.6 Å². The van der Waals surface area contributed by atoms with Crippen LogP contribution in [0.4, 0.5) is 10.8 Å². The molecule has 2 aromatic heterocycles. The number of fused-ring (bicyclic) bond motifs is 1. The molecule has 108 valence electrons. The molecule has 2 heterocycles. The topological polar surface area (TPSA) is 69.8 Å². The predicted octanol–water partition coefficient (Wildman–Crippen LogP) is 3.70. The molecular weight excluding hydrogens is 284 g/mol. The summed E-state index contributed by atoms with van der Waals surface area (Å²) < 4.78 is 0. The van der Waals surface area contributed by atoms with Crippen LogP contribution < -0.4 is 10.6 Å². The van der Waals surface area contributed by atoms with Gasteiger partial charge in [-0.1, -0.05) is 0 Å². The number of anilines is 2. The lowest BCUT2D eigenvalue weighted by molar-refractivity contribution is 0.102. The van der Waals surface area contributed by atoms with Crippen molar-refractivity contribution in [2.24, 2.45) is 0 Å². The van der Waals surface area contributed by atoms with Crippen LogP contribution in [-0.2, 0) is 0 Å². The molecule has 0 atom stereocenters. The highest BCUT2D eigenvalue weighted by atomic mass is 32.1. The van der Waals surface area contributed by atoms with E-state index in [-0.39, 0.29) is 5.91 Å². The second-order valence-corrected chi connectivity index (χ2v) is 5.93. The molecule has 0 aliphatic rings. The quantitative estimate of drug-likeness (QED) is 0.688. The molecule has 0 saturated heterocycles. The smallest absolute Gasteiger partial charge is 0.275 e. The summed E-state index contributed by atoms with van der Waals surface area (Å²) in [7, 11) is 0. The molecule has 0 bridgehead atoms. The number of carbonyl (C=O) groups is 1. The maximum absolute atomic E-state index is 12.2. The van der Waals surface area contributed by atoms with E-state index in [4.69, 9.17) is 0 Å². The van der Waals surface area contributed by atoms with E-state index in [9.17, 15) is 4.79 Å². The fourth-order valence-electron chi connectivity index (χ4n) is 2.02. The highest BCUT2D eigenvalue weighted by Gasteiger charge is 2.11. The van der Waals surface area contributed by atoms with E-state index in [0.29, 0.717) is 11.7 Å². The van der Waals surface area contributed by atoms with Gasteiger partial charge in [-0.2, -0.15) is 0 Å². The summed E-state index contributed by atoms with van der Waals surface area (Å²) in [6, 6.07) is 8.01. The molecule has 1 amide bonds. The van der Waals surface area contributed by atoms with Gasteiger partial charge in [0.15, 0.2) is 5.13 Å². The summed E-state index contributed by atoms with van der Waals surface area (Å²) >= 11 is 1.43. The van der Waals surface area contributed by atoms with E-state index in [1.54, 1.807) is 5.38 Å². The summed E-state index contributed by atoms with van der Waals surface area (Å²) in [5.74, 6) is -0.196. The van der Waals surface area contributed by atoms with Gasteiger partial charge in [0.05, 0.1) is 0 Å². The molecule has 0 fully saturated rings. The first-order valence-electron chi connectivity index (χ1n) is 6.72. The first kappa shape index (κ1) is 13.6. The number of amides is 1. The summed E-state index contributed by atoms with van der Waals surface area (Å²) in [4.78, 5) is 19.6. The lowest BCUT2D eigenvalue weighted by Crippen LogP contribution is -2.13. The lowest BCUT2D eigenvalue weighted by atomic mass is 10.2. The average molecular weight is 300 g/mol. The SMILES string of the molecule is CC(C)Nc1nc(C(=O)Nc2ccc3[nH]ccc3c2)cs1. The number of thiazole rings is 1. The largest absolute Gasteiger partial charge is 0.361 e. The van der Waals surface area contributed by atoms with Crippen LogP contribution in [0.15, 0.2) is 35.8 Å². The van der Waals surface area contributed by atoms with Crippen molar-refractivity contribution in [2.45, 2.75) is 19.9 Å². The van der Waals surface area contributed by atoms with Crippen molar-refractivity contribution in [3.63, 3.8) is 0 Å². The molecule has 3 rings (SSSR count). The van der Waals surface area contributed by atoms with Crippen LogP contribution in [0.25, 0.3) is 10.9 Å². The van der Waals surface area contributed by atoms with E-state index < -0.39 is 0 Å². The average Bonchev–Trinajstić information content (AvgIpc) is 3.06. The summed E-state index contributed by atoms with van der Waals surface area (Å²) in [5, 5.41) is 9.64. The third-order valence-corrected chi connectivity index (χ3v) is 3.73. The fraction of sp³-hybridized carbons (Fsp3) is 0.200. The molecule has 0 spiro atoms. The number of benzene rings is 1. The van der Waals surface area contributed by atoms with Crippen molar-refractivity contribution in [3.8, 4) is 0 Å². The normalized spacial score (nSPS) is 11.0. The van der Waals surface area contributed by atoms with Crippen molar-refractivity contribution in [1.82, 2.24) is 9.97 Å². The van der Waals surface area contributed by atoms with Gasteiger partial charge in [-0.05, 0) is 38.1 Å². The van der Waals surface area contributed by atoms with Crippen LogP contribution in [0.5, 0.6) is 0 Å². The second-order valence-electron chi connectivity index (χ2n) is 5.07. The Kier molecular flexibility index (Phi) is 3.62. The standard InChI is InChI=1S/C15H16N4OS/c1-9(2)17-15-19-13(8-21-15)14(20)18-11-3-4-12-10(7-11)5-6-16-12/h3-9,16H,1-2H3,(H,17,19)(H,18,20). The zero-order valence-corrected chi connectivity index (χ0v) is 12.6. The van der Waals surface area contributed by atoms with E-state index in [0.717, 1.165) is 21.7 Å². The Morgan fingerprint density at radius 2 is 2.19 bits per heavy atom. The van der Waals surface area contributed by atoms with Gasteiger partial charge in [0.1, 0.15) is 5.69 Å². The van der Waals surface area contributed by atoms with Crippen LogP contribution in [0.3, 0.4) is 0 Å². The van der Waals surface area contributed by atoms with Crippen LogP contribution in [0, 0.1) is 0 Å². The lowest BCUT2D eigenvalue weighted by Gasteiger charge is -2.05. The highest BCUT2D eigenvalue weighted by molar-refractivity contribution is 7.13. The molecule has 3 N–H and O–H groups in total. The van der Waals surface area contributed by atoms with Gasteiger partial charge in [-0.15, -0.1) is 11.3 Å². The summed E-state index contributed by atoms with van der Waals surface area (Å²) in [6.07, 6.45) is 1.88. The molecule has 0 radical (unpaired) electrons. The molecule has 0 saturated carbocycles. The van der Waals surface area contributed by atoms with Crippen molar-refractivity contribution in [3.05, 3.63) is 41.5 Å². The monoisotopic (exact) mass is 300 g/mol. The molecule has 0 aliphatic heterocycles. The number of hydrogen-bond acceptors (Lipinski definition) is 4. The van der Waals surface area contributed by atoms with Crippen molar-refractivity contribution in [2.75, 3.05) is 10.6 Å². The number of nitrogens with zero attached hydrogens (tertiary/aromatic N) is 1. The van der Waals surface area contributed by atoms with E-state index in [2.05, 4.69) is 20.6 Å². The molecule has 6 heteroatoms. The van der Waals surface area contributed by atoms with Crippen LogP contribution in [-0.4, -0.2) is 21.9 Å². The molecule has 0 unspecified atom stereocenters. The second kappa shape index (κ2) is 5.57. The maximum Gasteiger partial charge on any atom is 0.275 e. The number of aromatic nitrogens is 2. The maximum atomic E-state index is 12.2. The number of hydrogen-bond donors (Lipinski definition) is 3. The van der Waals surface area contributed by atoms with E-state index >= 15 is 0 Å². The van der Waals surface area contributed by atoms with Crippen LogP contribution in [0.2, 0.25) is 0 Å². The van der Waals surface area contributed by atoms with Gasteiger partial charge in [-0.3, -0.25) is 4.79 Å². The third kappa shape index (κ3) is 3.05.